The largest absolute Gasteiger partial charge is 0.460 e. The monoisotopic (exact) mass is 696 g/mol. The highest BCUT2D eigenvalue weighted by atomic mass is 19.1. The Kier molecular flexibility index (Phi) is 11.7. The third-order valence-electron chi connectivity index (χ3n) is 9.96. The number of carbonyl (C=O) groups is 3. The van der Waals surface area contributed by atoms with Gasteiger partial charge < -0.3 is 19.7 Å². The maximum atomic E-state index is 14.7. The molecule has 2 amide bonds. The highest BCUT2D eigenvalue weighted by Gasteiger charge is 2.53. The molecule has 11 heteroatoms. The van der Waals surface area contributed by atoms with E-state index in [1.807, 2.05) is 51.1 Å². The number of hydrogen-bond acceptors (Lipinski definition) is 7. The average molecular weight is 697 g/mol. The first-order valence-corrected chi connectivity index (χ1v) is 17.5. The molecule has 1 aromatic heterocycles. The summed E-state index contributed by atoms with van der Waals surface area (Å²) in [5.74, 6) is -1.17. The minimum Gasteiger partial charge on any atom is -0.460 e. The summed E-state index contributed by atoms with van der Waals surface area (Å²) < 4.78 is 26.3. The number of nitrogens with one attached hydrogen (secondary N) is 2. The van der Waals surface area contributed by atoms with E-state index in [1.54, 1.807) is 49.1 Å². The van der Waals surface area contributed by atoms with Gasteiger partial charge in [-0.15, -0.1) is 0 Å². The molecule has 3 aromatic carbocycles. The van der Waals surface area contributed by atoms with E-state index in [-0.39, 0.29) is 24.7 Å². The van der Waals surface area contributed by atoms with Gasteiger partial charge in [0.15, 0.2) is 5.75 Å². The van der Waals surface area contributed by atoms with Gasteiger partial charge in [0.2, 0.25) is 5.91 Å². The number of halogens is 1. The number of likely N-dealkylation sites (tertiary alicyclic amines) is 1. The van der Waals surface area contributed by atoms with Gasteiger partial charge in [-0.2, -0.15) is 5.10 Å². The van der Waals surface area contributed by atoms with Crippen LogP contribution < -0.4 is 15.6 Å². The fraction of sp³-hybridized carbons (Fsp3) is 0.375. The summed E-state index contributed by atoms with van der Waals surface area (Å²) in [6.07, 6.45) is 2.13. The van der Waals surface area contributed by atoms with Gasteiger partial charge in [0.05, 0.1) is 17.2 Å². The quantitative estimate of drug-likeness (QED) is 0.143. The minimum atomic E-state index is -1.03. The summed E-state index contributed by atoms with van der Waals surface area (Å²) in [5, 5.41) is 9.15. The van der Waals surface area contributed by atoms with Crippen molar-refractivity contribution in [3.8, 4) is 11.5 Å². The van der Waals surface area contributed by atoms with E-state index in [1.165, 1.54) is 18.2 Å². The van der Waals surface area contributed by atoms with Crippen LogP contribution in [0, 0.1) is 25.1 Å². The number of carbonyl (C=O) groups excluding carboxylic acids is 3. The third-order valence-corrected chi connectivity index (χ3v) is 9.96. The van der Waals surface area contributed by atoms with Crippen LogP contribution in [0.25, 0.3) is 0 Å². The number of aryl methyl sites for hydroxylation is 2. The van der Waals surface area contributed by atoms with Gasteiger partial charge in [-0.05, 0) is 93.0 Å². The van der Waals surface area contributed by atoms with Crippen LogP contribution in [0.3, 0.4) is 0 Å². The van der Waals surface area contributed by atoms with E-state index >= 15 is 0 Å². The van der Waals surface area contributed by atoms with Gasteiger partial charge in [0.25, 0.3) is 5.91 Å². The minimum absolute atomic E-state index is 0.0756. The van der Waals surface area contributed by atoms with Crippen molar-refractivity contribution in [2.75, 3.05) is 0 Å². The molecule has 268 valence electrons. The van der Waals surface area contributed by atoms with Crippen molar-refractivity contribution in [3.05, 3.63) is 123 Å². The van der Waals surface area contributed by atoms with Gasteiger partial charge >= 0.3 is 11.5 Å². The van der Waals surface area contributed by atoms with Crippen LogP contribution in [0.2, 0.25) is 0 Å². The molecule has 0 bridgehead atoms. The number of rotatable bonds is 13. The molecular weight excluding hydrogens is 651 g/mol. The van der Waals surface area contributed by atoms with Crippen LogP contribution >= 0.6 is 0 Å². The summed E-state index contributed by atoms with van der Waals surface area (Å²) in [6.45, 7) is 9.23. The molecule has 1 aliphatic rings. The number of aromatic amines is 1. The summed E-state index contributed by atoms with van der Waals surface area (Å²) in [6, 6.07) is 19.9. The van der Waals surface area contributed by atoms with Crippen LogP contribution in [0.1, 0.15) is 91.7 Å². The predicted molar refractivity (Wildman–Crippen MR) is 191 cm³/mol. The lowest BCUT2D eigenvalue weighted by Crippen LogP contribution is -2.56. The van der Waals surface area contributed by atoms with Crippen molar-refractivity contribution in [1.82, 2.24) is 20.4 Å². The molecule has 1 fully saturated rings. The summed E-state index contributed by atoms with van der Waals surface area (Å²) in [5.41, 5.74) is 1.44. The molecule has 0 unspecified atom stereocenters. The Morgan fingerprint density at radius 1 is 0.961 bits per heavy atom. The number of amides is 2. The Labute approximate surface area is 297 Å². The number of H-pyrrole nitrogens is 1. The lowest BCUT2D eigenvalue weighted by molar-refractivity contribution is -0.165. The predicted octanol–water partition coefficient (Wildman–Crippen LogP) is 7.11. The van der Waals surface area contributed by atoms with Crippen molar-refractivity contribution < 1.29 is 28.2 Å². The lowest BCUT2D eigenvalue weighted by Gasteiger charge is -2.43. The zero-order valence-corrected chi connectivity index (χ0v) is 29.7. The number of nitrogens with zero attached hydrogens (tertiary/aromatic N) is 2. The van der Waals surface area contributed by atoms with Crippen molar-refractivity contribution in [2.24, 2.45) is 5.41 Å². The molecule has 10 nitrogen and oxygen atoms in total. The van der Waals surface area contributed by atoms with Crippen LogP contribution in [0.15, 0.2) is 83.7 Å². The molecule has 1 saturated heterocycles. The first-order chi connectivity index (χ1) is 24.5. The van der Waals surface area contributed by atoms with E-state index in [4.69, 9.17) is 9.47 Å². The van der Waals surface area contributed by atoms with E-state index in [9.17, 15) is 23.6 Å². The highest BCUT2D eigenvalue weighted by molar-refractivity contribution is 5.98. The molecular formula is C40H45FN4O6. The maximum absolute atomic E-state index is 14.7. The standard InChI is InChI=1S/C40H45FN4O6/c1-6-31(42-36(46)29-17-19-33(25(4)21-29)51-34-22-26(5)43-44-37(34)47)38(48)45-32(28-15-12-16-30(41)23-28)18-20-35(45)40(7-2,8-3)39(49)50-24-27-13-10-9-11-14-27/h9-17,19,21-23,31-32,35H,6-8,18,20,24H2,1-5H3,(H,42,46)(H,44,47)/t31-,32+,35-/m1/s1. The molecule has 1 aliphatic heterocycles. The zero-order valence-electron chi connectivity index (χ0n) is 29.7. The van der Waals surface area contributed by atoms with E-state index in [2.05, 4.69) is 15.5 Å². The number of esters is 1. The molecule has 0 radical (unpaired) electrons. The van der Waals surface area contributed by atoms with Gasteiger partial charge in [-0.1, -0.05) is 63.2 Å². The Morgan fingerprint density at radius 3 is 2.37 bits per heavy atom. The second kappa shape index (κ2) is 16.1. The maximum Gasteiger partial charge on any atom is 0.314 e. The van der Waals surface area contributed by atoms with Crippen LogP contribution in [0.5, 0.6) is 11.5 Å². The second-order valence-electron chi connectivity index (χ2n) is 13.1. The van der Waals surface area contributed by atoms with Crippen molar-refractivity contribution in [3.63, 3.8) is 0 Å². The van der Waals surface area contributed by atoms with Crippen molar-refractivity contribution >= 4 is 17.8 Å². The molecule has 3 atom stereocenters. The van der Waals surface area contributed by atoms with Gasteiger partial charge in [-0.25, -0.2) is 9.49 Å². The Bertz CT molecular complexity index is 1930. The fourth-order valence-electron chi connectivity index (χ4n) is 7.06. The molecule has 2 heterocycles. The van der Waals surface area contributed by atoms with Gasteiger partial charge in [-0.3, -0.25) is 19.2 Å². The topological polar surface area (TPSA) is 131 Å². The second-order valence-corrected chi connectivity index (χ2v) is 13.1. The number of ether oxygens (including phenoxy) is 2. The number of benzene rings is 3. The van der Waals surface area contributed by atoms with E-state index in [0.717, 1.165) is 5.56 Å². The third kappa shape index (κ3) is 8.03. The zero-order chi connectivity index (χ0) is 36.7. The Hall–Kier alpha value is -5.32. The molecule has 0 saturated carbocycles. The van der Waals surface area contributed by atoms with E-state index < -0.39 is 46.8 Å². The van der Waals surface area contributed by atoms with Gasteiger partial charge in [0, 0.05) is 17.7 Å². The summed E-state index contributed by atoms with van der Waals surface area (Å²) in [4.78, 5) is 56.3. The highest BCUT2D eigenvalue weighted by Crippen LogP contribution is 2.48. The van der Waals surface area contributed by atoms with Crippen molar-refractivity contribution in [2.45, 2.75) is 91.5 Å². The lowest BCUT2D eigenvalue weighted by atomic mass is 9.74. The SMILES string of the molecule is CC[C@@H](NC(=O)c1ccc(Oc2cc(C)n[nH]c2=O)c(C)c1)C(=O)N1[C@H](c2cccc(F)c2)CC[C@@H]1C(CC)(CC)C(=O)OCc1ccccc1. The molecule has 2 N–H and O–H groups in total. The fourth-order valence-corrected chi connectivity index (χ4v) is 7.06. The first-order valence-electron chi connectivity index (χ1n) is 17.5. The summed E-state index contributed by atoms with van der Waals surface area (Å²) >= 11 is 0. The number of hydrogen-bond donors (Lipinski definition) is 2. The average Bonchev–Trinajstić information content (AvgIpc) is 3.58. The number of aromatic nitrogens is 2. The smallest absolute Gasteiger partial charge is 0.314 e. The van der Waals surface area contributed by atoms with E-state index in [0.29, 0.717) is 53.8 Å². The van der Waals surface area contributed by atoms with Crippen LogP contribution in [0.4, 0.5) is 4.39 Å². The normalized spacial score (nSPS) is 16.4. The van der Waals surface area contributed by atoms with Crippen LogP contribution in [-0.2, 0) is 20.9 Å². The summed E-state index contributed by atoms with van der Waals surface area (Å²) in [7, 11) is 0. The van der Waals surface area contributed by atoms with Crippen molar-refractivity contribution in [1.29, 1.82) is 0 Å². The first kappa shape index (κ1) is 36.9. The van der Waals surface area contributed by atoms with Gasteiger partial charge in [0.1, 0.15) is 24.2 Å². The molecule has 4 aromatic rings. The molecule has 51 heavy (non-hydrogen) atoms. The molecule has 5 rings (SSSR count). The Balaban J connectivity index is 1.42. The molecule has 0 spiro atoms. The van der Waals surface area contributed by atoms with Crippen LogP contribution in [-0.4, -0.2) is 45.0 Å². The Morgan fingerprint density at radius 2 is 1.71 bits per heavy atom. The molecule has 0 aliphatic carbocycles.